The molecule has 4 rings (SSSR count). The van der Waals surface area contributed by atoms with Crippen molar-refractivity contribution in [3.63, 3.8) is 0 Å². The van der Waals surface area contributed by atoms with Gasteiger partial charge in [0.2, 0.25) is 0 Å². The molecule has 30 heavy (non-hydrogen) atoms. The summed E-state index contributed by atoms with van der Waals surface area (Å²) in [6, 6.07) is 29.1. The molecule has 2 nitrogen and oxygen atoms in total. The molecule has 148 valence electrons. The standard InChI is InChI=1S/C26H20Br2N2/c1-17-15-23(11-13-25(17)19-3-7-21(27)8-4-19)29-30-24-12-14-26(18(2)16-24)20-5-9-22(28)10-6-20/h3-16H,1-2H3. The highest BCUT2D eigenvalue weighted by Gasteiger charge is 2.05. The third kappa shape index (κ3) is 4.77. The van der Waals surface area contributed by atoms with Gasteiger partial charge in [-0.2, -0.15) is 10.2 Å². The Balaban J connectivity index is 1.55. The molecule has 0 amide bonds. The first-order valence-corrected chi connectivity index (χ1v) is 11.2. The second-order valence-corrected chi connectivity index (χ2v) is 9.04. The third-order valence-electron chi connectivity index (χ3n) is 5.01. The largest absolute Gasteiger partial charge is 0.151 e. The van der Waals surface area contributed by atoms with Gasteiger partial charge in [0, 0.05) is 8.95 Å². The highest BCUT2D eigenvalue weighted by Crippen LogP contribution is 2.31. The Hall–Kier alpha value is -2.56. The zero-order valence-electron chi connectivity index (χ0n) is 16.7. The normalized spacial score (nSPS) is 11.2. The predicted molar refractivity (Wildman–Crippen MR) is 133 cm³/mol. The number of benzene rings is 4. The highest BCUT2D eigenvalue weighted by molar-refractivity contribution is 9.10. The van der Waals surface area contributed by atoms with Crippen LogP contribution in [0.3, 0.4) is 0 Å². The van der Waals surface area contributed by atoms with Gasteiger partial charge >= 0.3 is 0 Å². The van der Waals surface area contributed by atoms with Crippen LogP contribution in [0.2, 0.25) is 0 Å². The van der Waals surface area contributed by atoms with Gasteiger partial charge in [-0.3, -0.25) is 0 Å². The van der Waals surface area contributed by atoms with Gasteiger partial charge < -0.3 is 0 Å². The van der Waals surface area contributed by atoms with E-state index >= 15 is 0 Å². The van der Waals surface area contributed by atoms with Crippen LogP contribution < -0.4 is 0 Å². The minimum Gasteiger partial charge on any atom is -0.151 e. The number of halogens is 2. The van der Waals surface area contributed by atoms with E-state index in [0.717, 1.165) is 20.3 Å². The van der Waals surface area contributed by atoms with Crippen molar-refractivity contribution in [2.45, 2.75) is 13.8 Å². The van der Waals surface area contributed by atoms with Crippen molar-refractivity contribution in [2.75, 3.05) is 0 Å². The summed E-state index contributed by atoms with van der Waals surface area (Å²) in [6.07, 6.45) is 0. The zero-order valence-corrected chi connectivity index (χ0v) is 19.9. The van der Waals surface area contributed by atoms with E-state index in [0.29, 0.717) is 0 Å². The Kier molecular flexibility index (Phi) is 6.26. The Morgan fingerprint density at radius 1 is 0.500 bits per heavy atom. The van der Waals surface area contributed by atoms with Crippen molar-refractivity contribution in [1.29, 1.82) is 0 Å². The number of azo groups is 1. The summed E-state index contributed by atoms with van der Waals surface area (Å²) in [5.74, 6) is 0. The van der Waals surface area contributed by atoms with Gasteiger partial charge in [0.15, 0.2) is 0 Å². The summed E-state index contributed by atoms with van der Waals surface area (Å²) >= 11 is 6.97. The van der Waals surface area contributed by atoms with Crippen LogP contribution in [0.25, 0.3) is 22.3 Å². The van der Waals surface area contributed by atoms with Crippen LogP contribution in [-0.2, 0) is 0 Å². The van der Waals surface area contributed by atoms with Crippen molar-refractivity contribution in [3.8, 4) is 22.3 Å². The van der Waals surface area contributed by atoms with Crippen molar-refractivity contribution < 1.29 is 0 Å². The maximum atomic E-state index is 4.45. The van der Waals surface area contributed by atoms with Gasteiger partial charge in [-0.1, -0.05) is 68.3 Å². The molecule has 0 saturated carbocycles. The molecular formula is C26H20Br2N2. The maximum Gasteiger partial charge on any atom is 0.0860 e. The zero-order chi connectivity index (χ0) is 21.1. The van der Waals surface area contributed by atoms with E-state index in [-0.39, 0.29) is 0 Å². The van der Waals surface area contributed by atoms with Gasteiger partial charge in [0.1, 0.15) is 0 Å². The first-order valence-electron chi connectivity index (χ1n) is 9.64. The quantitative estimate of drug-likeness (QED) is 0.240. The van der Waals surface area contributed by atoms with Crippen LogP contribution in [0, 0.1) is 13.8 Å². The molecule has 0 aliphatic heterocycles. The molecule has 0 atom stereocenters. The summed E-state index contributed by atoms with van der Waals surface area (Å²) in [4.78, 5) is 0. The van der Waals surface area contributed by atoms with Gasteiger partial charge in [-0.25, -0.2) is 0 Å². The summed E-state index contributed by atoms with van der Waals surface area (Å²) in [5.41, 5.74) is 8.85. The van der Waals surface area contributed by atoms with E-state index in [9.17, 15) is 0 Å². The van der Waals surface area contributed by atoms with E-state index < -0.39 is 0 Å². The molecule has 0 bridgehead atoms. The fourth-order valence-electron chi connectivity index (χ4n) is 3.44. The lowest BCUT2D eigenvalue weighted by atomic mass is 10.00. The van der Waals surface area contributed by atoms with Crippen molar-refractivity contribution in [1.82, 2.24) is 0 Å². The number of hydrogen-bond donors (Lipinski definition) is 0. The second kappa shape index (κ2) is 9.07. The Bertz CT molecular complexity index is 1110. The average Bonchev–Trinajstić information content (AvgIpc) is 2.74. The fourth-order valence-corrected chi connectivity index (χ4v) is 3.97. The van der Waals surface area contributed by atoms with E-state index in [1.807, 2.05) is 12.1 Å². The first kappa shape index (κ1) is 20.7. The van der Waals surface area contributed by atoms with Crippen LogP contribution in [0.1, 0.15) is 11.1 Å². The monoisotopic (exact) mass is 518 g/mol. The second-order valence-electron chi connectivity index (χ2n) is 7.21. The molecular weight excluding hydrogens is 500 g/mol. The molecule has 0 spiro atoms. The minimum absolute atomic E-state index is 0.850. The summed E-state index contributed by atoms with van der Waals surface area (Å²) in [6.45, 7) is 4.21. The van der Waals surface area contributed by atoms with E-state index in [1.165, 1.54) is 33.4 Å². The number of aryl methyl sites for hydroxylation is 2. The summed E-state index contributed by atoms with van der Waals surface area (Å²) in [5, 5.41) is 8.91. The highest BCUT2D eigenvalue weighted by atomic mass is 79.9. The van der Waals surface area contributed by atoms with Crippen molar-refractivity contribution >= 4 is 43.2 Å². The maximum absolute atomic E-state index is 4.45. The van der Waals surface area contributed by atoms with E-state index in [4.69, 9.17) is 0 Å². The van der Waals surface area contributed by atoms with Gasteiger partial charge in [0.25, 0.3) is 0 Å². The topological polar surface area (TPSA) is 24.7 Å². The molecule has 4 aromatic carbocycles. The van der Waals surface area contributed by atoms with E-state index in [2.05, 4.69) is 129 Å². The molecule has 0 unspecified atom stereocenters. The molecule has 0 aliphatic carbocycles. The van der Waals surface area contributed by atoms with Crippen LogP contribution in [-0.4, -0.2) is 0 Å². The minimum atomic E-state index is 0.850. The molecule has 0 heterocycles. The van der Waals surface area contributed by atoms with Crippen molar-refractivity contribution in [3.05, 3.63) is 105 Å². The molecule has 0 N–H and O–H groups in total. The smallest absolute Gasteiger partial charge is 0.0860 e. The molecule has 0 aromatic heterocycles. The average molecular weight is 520 g/mol. The lowest BCUT2D eigenvalue weighted by Gasteiger charge is -2.08. The number of rotatable bonds is 4. The Morgan fingerprint density at radius 2 is 0.867 bits per heavy atom. The van der Waals surface area contributed by atoms with Crippen LogP contribution in [0.5, 0.6) is 0 Å². The summed E-state index contributed by atoms with van der Waals surface area (Å²) in [7, 11) is 0. The van der Waals surface area contributed by atoms with Gasteiger partial charge in [0.05, 0.1) is 11.4 Å². The predicted octanol–water partition coefficient (Wildman–Crippen LogP) is 9.58. The van der Waals surface area contributed by atoms with Gasteiger partial charge in [-0.15, -0.1) is 0 Å². The lowest BCUT2D eigenvalue weighted by molar-refractivity contribution is 1.22. The molecule has 4 heteroatoms. The third-order valence-corrected chi connectivity index (χ3v) is 6.07. The molecule has 0 aliphatic rings. The number of nitrogens with zero attached hydrogens (tertiary/aromatic N) is 2. The van der Waals surface area contributed by atoms with Gasteiger partial charge in [-0.05, 0) is 95.8 Å². The Labute approximate surface area is 194 Å². The summed E-state index contributed by atoms with van der Waals surface area (Å²) < 4.78 is 2.16. The lowest BCUT2D eigenvalue weighted by Crippen LogP contribution is -1.83. The molecule has 0 radical (unpaired) electrons. The van der Waals surface area contributed by atoms with Crippen LogP contribution >= 0.6 is 31.9 Å². The molecule has 4 aromatic rings. The van der Waals surface area contributed by atoms with E-state index in [1.54, 1.807) is 0 Å². The molecule has 0 saturated heterocycles. The van der Waals surface area contributed by atoms with Crippen LogP contribution in [0.4, 0.5) is 11.4 Å². The van der Waals surface area contributed by atoms with Crippen molar-refractivity contribution in [2.24, 2.45) is 10.2 Å². The number of hydrogen-bond acceptors (Lipinski definition) is 2. The fraction of sp³-hybridized carbons (Fsp3) is 0.0769. The Morgan fingerprint density at radius 3 is 1.20 bits per heavy atom. The first-order chi connectivity index (χ1) is 14.5. The SMILES string of the molecule is Cc1cc(N=Nc2ccc(-c3ccc(Br)cc3)c(C)c2)ccc1-c1ccc(Br)cc1. The van der Waals surface area contributed by atoms with Crippen LogP contribution in [0.15, 0.2) is 104 Å². The molecule has 0 fully saturated rings.